The first-order valence-corrected chi connectivity index (χ1v) is 8.05. The van der Waals surface area contributed by atoms with Crippen LogP contribution >= 0.6 is 0 Å². The number of hydrogen-bond donors (Lipinski definition) is 0. The number of rotatable bonds is 2. The lowest BCUT2D eigenvalue weighted by molar-refractivity contribution is 0.0762. The summed E-state index contributed by atoms with van der Waals surface area (Å²) in [7, 11) is 0. The third-order valence-electron chi connectivity index (χ3n) is 4.69. The maximum absolute atomic E-state index is 12.5. The lowest BCUT2D eigenvalue weighted by Gasteiger charge is -2.19. The molecule has 2 aromatic rings. The van der Waals surface area contributed by atoms with Crippen molar-refractivity contribution in [1.82, 2.24) is 14.9 Å². The second-order valence-corrected chi connectivity index (χ2v) is 6.05. The molecule has 2 aliphatic rings. The summed E-state index contributed by atoms with van der Waals surface area (Å²) < 4.78 is 10.5. The molecular formula is C17H19N3O3. The summed E-state index contributed by atoms with van der Waals surface area (Å²) in [5, 5.41) is 0. The Balaban J connectivity index is 1.56. The van der Waals surface area contributed by atoms with Gasteiger partial charge in [-0.15, -0.1) is 0 Å². The molecule has 6 nitrogen and oxygen atoms in total. The van der Waals surface area contributed by atoms with Crippen LogP contribution in [0.25, 0.3) is 0 Å². The van der Waals surface area contributed by atoms with Gasteiger partial charge in [-0.1, -0.05) is 0 Å². The van der Waals surface area contributed by atoms with Gasteiger partial charge in [0.25, 0.3) is 5.91 Å². The Morgan fingerprint density at radius 2 is 2.17 bits per heavy atom. The average molecular weight is 313 g/mol. The molecule has 1 fully saturated rings. The van der Waals surface area contributed by atoms with Crippen LogP contribution in [0, 0.1) is 0 Å². The zero-order valence-electron chi connectivity index (χ0n) is 12.9. The second kappa shape index (κ2) is 6.12. The van der Waals surface area contributed by atoms with Crippen LogP contribution in [0.1, 0.15) is 39.6 Å². The van der Waals surface area contributed by atoms with E-state index in [4.69, 9.17) is 9.15 Å². The van der Waals surface area contributed by atoms with Crippen molar-refractivity contribution in [2.75, 3.05) is 26.3 Å². The SMILES string of the molecule is O=C(c1ccoc1)N1CCc2ncnc([C@@H]3CCOC3)c2CC1. The quantitative estimate of drug-likeness (QED) is 0.846. The molecule has 120 valence electrons. The number of aromatic nitrogens is 2. The lowest BCUT2D eigenvalue weighted by atomic mass is 9.96. The number of nitrogens with zero attached hydrogens (tertiary/aromatic N) is 3. The topological polar surface area (TPSA) is 68.5 Å². The number of fused-ring (bicyclic) bond motifs is 1. The summed E-state index contributed by atoms with van der Waals surface area (Å²) in [4.78, 5) is 23.4. The highest BCUT2D eigenvalue weighted by atomic mass is 16.5. The van der Waals surface area contributed by atoms with E-state index < -0.39 is 0 Å². The van der Waals surface area contributed by atoms with Crippen molar-refractivity contribution >= 4 is 5.91 Å². The van der Waals surface area contributed by atoms with Gasteiger partial charge in [0.05, 0.1) is 24.1 Å². The standard InChI is InChI=1S/C17H19N3O3/c21-17(13-4-8-23-10-13)20-5-1-14-15(2-6-20)18-11-19-16(14)12-3-7-22-9-12/h4,8,10-12H,1-3,5-7,9H2/t12-/m1/s1. The van der Waals surface area contributed by atoms with Gasteiger partial charge in [-0.3, -0.25) is 4.79 Å². The van der Waals surface area contributed by atoms with Gasteiger partial charge >= 0.3 is 0 Å². The Morgan fingerprint density at radius 3 is 2.96 bits per heavy atom. The van der Waals surface area contributed by atoms with Crippen LogP contribution < -0.4 is 0 Å². The molecule has 2 aromatic heterocycles. The number of carbonyl (C=O) groups is 1. The first kappa shape index (κ1) is 14.4. The highest BCUT2D eigenvalue weighted by molar-refractivity contribution is 5.93. The predicted octanol–water partition coefficient (Wildman–Crippen LogP) is 1.81. The molecule has 4 rings (SSSR count). The van der Waals surface area contributed by atoms with Crippen LogP contribution in [0.5, 0.6) is 0 Å². The Labute approximate surface area is 134 Å². The zero-order chi connectivity index (χ0) is 15.6. The molecule has 1 saturated heterocycles. The summed E-state index contributed by atoms with van der Waals surface area (Å²) in [6, 6.07) is 1.71. The maximum Gasteiger partial charge on any atom is 0.257 e. The van der Waals surface area contributed by atoms with E-state index in [1.54, 1.807) is 12.4 Å². The van der Waals surface area contributed by atoms with Crippen molar-refractivity contribution in [2.45, 2.75) is 25.2 Å². The summed E-state index contributed by atoms with van der Waals surface area (Å²) in [5.74, 6) is 0.383. The average Bonchev–Trinajstić information content (AvgIpc) is 3.24. The molecule has 1 atom stereocenters. The van der Waals surface area contributed by atoms with E-state index >= 15 is 0 Å². The van der Waals surface area contributed by atoms with Crippen LogP contribution in [0.3, 0.4) is 0 Å². The number of furan rings is 1. The van der Waals surface area contributed by atoms with Gasteiger partial charge in [-0.2, -0.15) is 0 Å². The number of amides is 1. The number of carbonyl (C=O) groups excluding carboxylic acids is 1. The molecular weight excluding hydrogens is 294 g/mol. The van der Waals surface area contributed by atoms with Crippen molar-refractivity contribution in [1.29, 1.82) is 0 Å². The van der Waals surface area contributed by atoms with E-state index in [1.807, 2.05) is 4.90 Å². The van der Waals surface area contributed by atoms with Crippen molar-refractivity contribution in [3.8, 4) is 0 Å². The van der Waals surface area contributed by atoms with Crippen LogP contribution in [0.15, 0.2) is 29.3 Å². The minimum Gasteiger partial charge on any atom is -0.472 e. The molecule has 0 unspecified atom stereocenters. The van der Waals surface area contributed by atoms with E-state index in [2.05, 4.69) is 9.97 Å². The molecule has 0 spiro atoms. The lowest BCUT2D eigenvalue weighted by Crippen LogP contribution is -2.33. The first-order valence-electron chi connectivity index (χ1n) is 8.05. The highest BCUT2D eigenvalue weighted by Gasteiger charge is 2.27. The summed E-state index contributed by atoms with van der Waals surface area (Å²) in [6.07, 6.45) is 7.26. The van der Waals surface area contributed by atoms with Crippen molar-refractivity contribution in [3.63, 3.8) is 0 Å². The fraction of sp³-hybridized carbons (Fsp3) is 0.471. The van der Waals surface area contributed by atoms with Crippen LogP contribution in [-0.2, 0) is 17.6 Å². The van der Waals surface area contributed by atoms with Gasteiger partial charge in [-0.05, 0) is 24.5 Å². The van der Waals surface area contributed by atoms with Gasteiger partial charge in [-0.25, -0.2) is 9.97 Å². The molecule has 4 heterocycles. The van der Waals surface area contributed by atoms with E-state index in [1.165, 1.54) is 18.1 Å². The summed E-state index contributed by atoms with van der Waals surface area (Å²) in [6.45, 7) is 2.90. The summed E-state index contributed by atoms with van der Waals surface area (Å²) >= 11 is 0. The van der Waals surface area contributed by atoms with Crippen molar-refractivity contribution in [3.05, 3.63) is 47.4 Å². The Hall–Kier alpha value is -2.21. The Morgan fingerprint density at radius 1 is 1.26 bits per heavy atom. The second-order valence-electron chi connectivity index (χ2n) is 6.05. The van der Waals surface area contributed by atoms with Gasteiger partial charge in [0.2, 0.25) is 0 Å². The molecule has 0 aromatic carbocycles. The molecule has 23 heavy (non-hydrogen) atoms. The van der Waals surface area contributed by atoms with Gasteiger partial charge < -0.3 is 14.1 Å². The zero-order valence-corrected chi connectivity index (χ0v) is 12.9. The van der Waals surface area contributed by atoms with Crippen molar-refractivity contribution in [2.24, 2.45) is 0 Å². The molecule has 1 amide bonds. The molecule has 0 aliphatic carbocycles. The monoisotopic (exact) mass is 313 g/mol. The van der Waals surface area contributed by atoms with Gasteiger partial charge in [0, 0.05) is 37.7 Å². The number of ether oxygens (including phenoxy) is 1. The highest BCUT2D eigenvalue weighted by Crippen LogP contribution is 2.29. The normalized spacial score (nSPS) is 21.0. The molecule has 0 radical (unpaired) electrons. The summed E-state index contributed by atoms with van der Waals surface area (Å²) in [5.41, 5.74) is 4.01. The van der Waals surface area contributed by atoms with Gasteiger partial charge in [0.15, 0.2) is 0 Å². The van der Waals surface area contributed by atoms with Crippen molar-refractivity contribution < 1.29 is 13.9 Å². The smallest absolute Gasteiger partial charge is 0.257 e. The van der Waals surface area contributed by atoms with Crippen LogP contribution in [0.4, 0.5) is 0 Å². The third-order valence-corrected chi connectivity index (χ3v) is 4.69. The minimum atomic E-state index is 0.0188. The van der Waals surface area contributed by atoms with E-state index in [9.17, 15) is 4.79 Å². The Kier molecular flexibility index (Phi) is 3.83. The Bertz CT molecular complexity index is 693. The first-order chi connectivity index (χ1) is 11.3. The molecule has 2 aliphatic heterocycles. The fourth-order valence-corrected chi connectivity index (χ4v) is 3.43. The predicted molar refractivity (Wildman–Crippen MR) is 82.2 cm³/mol. The molecule has 0 bridgehead atoms. The molecule has 0 N–H and O–H groups in total. The van der Waals surface area contributed by atoms with Crippen LogP contribution in [-0.4, -0.2) is 47.1 Å². The molecule has 6 heteroatoms. The minimum absolute atomic E-state index is 0.0188. The van der Waals surface area contributed by atoms with E-state index in [-0.39, 0.29) is 5.91 Å². The van der Waals surface area contributed by atoms with E-state index in [0.29, 0.717) is 24.6 Å². The van der Waals surface area contributed by atoms with Crippen LogP contribution in [0.2, 0.25) is 0 Å². The fourth-order valence-electron chi connectivity index (χ4n) is 3.43. The van der Waals surface area contributed by atoms with E-state index in [0.717, 1.165) is 43.9 Å². The number of hydrogen-bond acceptors (Lipinski definition) is 5. The molecule has 0 saturated carbocycles. The van der Waals surface area contributed by atoms with Gasteiger partial charge in [0.1, 0.15) is 12.6 Å². The maximum atomic E-state index is 12.5. The largest absolute Gasteiger partial charge is 0.472 e. The third kappa shape index (κ3) is 2.74.